The maximum Gasteiger partial charge on any atom is 0.123 e. The SMILES string of the molecule is Oc1cc(Cl)ccc1C/C=C/c1cccc(F)c1. The smallest absolute Gasteiger partial charge is 0.123 e. The van der Waals surface area contributed by atoms with E-state index >= 15 is 0 Å². The second kappa shape index (κ2) is 5.69. The molecule has 0 aliphatic heterocycles. The van der Waals surface area contributed by atoms with Crippen molar-refractivity contribution in [2.45, 2.75) is 6.42 Å². The fraction of sp³-hybridized carbons (Fsp3) is 0.0667. The van der Waals surface area contributed by atoms with Crippen molar-refractivity contribution in [3.05, 3.63) is 70.5 Å². The van der Waals surface area contributed by atoms with E-state index in [1.807, 2.05) is 18.2 Å². The van der Waals surface area contributed by atoms with Crippen LogP contribution in [0.3, 0.4) is 0 Å². The van der Waals surface area contributed by atoms with Gasteiger partial charge in [0, 0.05) is 5.02 Å². The number of halogens is 2. The van der Waals surface area contributed by atoms with E-state index in [0.717, 1.165) is 11.1 Å². The van der Waals surface area contributed by atoms with Gasteiger partial charge in [0.1, 0.15) is 11.6 Å². The van der Waals surface area contributed by atoms with Crippen LogP contribution in [0, 0.1) is 5.82 Å². The molecule has 2 aromatic carbocycles. The third-order valence-electron chi connectivity index (χ3n) is 2.54. The summed E-state index contributed by atoms with van der Waals surface area (Å²) in [6, 6.07) is 11.4. The van der Waals surface area contributed by atoms with Crippen LogP contribution in [0.2, 0.25) is 5.02 Å². The van der Waals surface area contributed by atoms with Crippen LogP contribution in [-0.4, -0.2) is 5.11 Å². The Bertz CT molecular complexity index is 578. The van der Waals surface area contributed by atoms with Gasteiger partial charge in [-0.1, -0.05) is 42.0 Å². The molecule has 0 aromatic heterocycles. The molecule has 0 saturated carbocycles. The molecule has 2 aromatic rings. The first-order chi connectivity index (χ1) is 8.65. The predicted molar refractivity (Wildman–Crippen MR) is 72.3 cm³/mol. The highest BCUT2D eigenvalue weighted by Gasteiger charge is 1.99. The fourth-order valence-corrected chi connectivity index (χ4v) is 1.81. The van der Waals surface area contributed by atoms with E-state index < -0.39 is 0 Å². The van der Waals surface area contributed by atoms with E-state index in [1.165, 1.54) is 18.2 Å². The molecule has 0 saturated heterocycles. The molecule has 1 N–H and O–H groups in total. The summed E-state index contributed by atoms with van der Waals surface area (Å²) in [5, 5.41) is 10.2. The first kappa shape index (κ1) is 12.7. The third-order valence-corrected chi connectivity index (χ3v) is 2.78. The molecule has 0 aliphatic rings. The lowest BCUT2D eigenvalue weighted by Gasteiger charge is -2.01. The predicted octanol–water partition coefficient (Wildman–Crippen LogP) is 4.44. The summed E-state index contributed by atoms with van der Waals surface area (Å²) in [7, 11) is 0. The van der Waals surface area contributed by atoms with Crippen molar-refractivity contribution >= 4 is 17.7 Å². The molecule has 0 heterocycles. The zero-order chi connectivity index (χ0) is 13.0. The summed E-state index contributed by atoms with van der Waals surface area (Å²) in [6.07, 6.45) is 4.26. The van der Waals surface area contributed by atoms with E-state index in [1.54, 1.807) is 18.2 Å². The summed E-state index contributed by atoms with van der Waals surface area (Å²) >= 11 is 5.74. The van der Waals surface area contributed by atoms with Crippen molar-refractivity contribution in [1.82, 2.24) is 0 Å². The normalized spacial score (nSPS) is 11.0. The molecular weight excluding hydrogens is 251 g/mol. The molecular formula is C15H12ClFO. The standard InChI is InChI=1S/C15H12ClFO/c16-13-8-7-12(15(18)10-13)5-1-3-11-4-2-6-14(17)9-11/h1-4,6-10,18H,5H2/b3-1+. The van der Waals surface area contributed by atoms with Crippen molar-refractivity contribution in [2.24, 2.45) is 0 Å². The molecule has 2 rings (SSSR count). The van der Waals surface area contributed by atoms with Crippen molar-refractivity contribution < 1.29 is 9.50 Å². The number of hydrogen-bond donors (Lipinski definition) is 1. The lowest BCUT2D eigenvalue weighted by molar-refractivity contribution is 0.470. The van der Waals surface area contributed by atoms with Gasteiger partial charge in [0.25, 0.3) is 0 Å². The van der Waals surface area contributed by atoms with Crippen LogP contribution in [0.1, 0.15) is 11.1 Å². The Hall–Kier alpha value is -1.80. The van der Waals surface area contributed by atoms with Crippen molar-refractivity contribution in [3.63, 3.8) is 0 Å². The quantitative estimate of drug-likeness (QED) is 0.867. The van der Waals surface area contributed by atoms with E-state index in [4.69, 9.17) is 11.6 Å². The summed E-state index contributed by atoms with van der Waals surface area (Å²) < 4.78 is 12.9. The first-order valence-corrected chi connectivity index (χ1v) is 5.92. The van der Waals surface area contributed by atoms with E-state index in [2.05, 4.69) is 0 Å². The molecule has 0 aliphatic carbocycles. The van der Waals surface area contributed by atoms with Crippen molar-refractivity contribution in [3.8, 4) is 5.75 Å². The molecule has 0 bridgehead atoms. The van der Waals surface area contributed by atoms with Gasteiger partial charge in [0.15, 0.2) is 0 Å². The lowest BCUT2D eigenvalue weighted by atomic mass is 10.1. The zero-order valence-electron chi connectivity index (χ0n) is 9.61. The van der Waals surface area contributed by atoms with Gasteiger partial charge in [0.05, 0.1) is 0 Å². The number of phenols is 1. The molecule has 0 unspecified atom stereocenters. The summed E-state index contributed by atoms with van der Waals surface area (Å²) in [5.74, 6) is -0.0853. The minimum Gasteiger partial charge on any atom is -0.508 e. The van der Waals surface area contributed by atoms with Gasteiger partial charge in [-0.15, -0.1) is 0 Å². The average Bonchev–Trinajstić information content (AvgIpc) is 2.32. The summed E-state index contributed by atoms with van der Waals surface area (Å²) in [6.45, 7) is 0. The number of hydrogen-bond acceptors (Lipinski definition) is 1. The molecule has 0 amide bonds. The number of allylic oxidation sites excluding steroid dienone is 1. The maximum absolute atomic E-state index is 12.9. The summed E-state index contributed by atoms with van der Waals surface area (Å²) in [5.41, 5.74) is 1.58. The van der Waals surface area contributed by atoms with Gasteiger partial charge >= 0.3 is 0 Å². The Morgan fingerprint density at radius 3 is 2.72 bits per heavy atom. The van der Waals surface area contributed by atoms with Gasteiger partial charge < -0.3 is 5.11 Å². The van der Waals surface area contributed by atoms with Gasteiger partial charge in [-0.2, -0.15) is 0 Å². The van der Waals surface area contributed by atoms with Crippen LogP contribution in [0.15, 0.2) is 48.5 Å². The number of phenolic OH excluding ortho intramolecular Hbond substituents is 1. The molecule has 3 heteroatoms. The van der Waals surface area contributed by atoms with Gasteiger partial charge in [-0.25, -0.2) is 4.39 Å². The molecule has 0 atom stereocenters. The zero-order valence-corrected chi connectivity index (χ0v) is 10.4. The molecule has 0 spiro atoms. The van der Waals surface area contributed by atoms with Gasteiger partial charge in [-0.3, -0.25) is 0 Å². The second-order valence-corrected chi connectivity index (χ2v) is 4.37. The van der Waals surface area contributed by atoms with Gasteiger partial charge in [0.2, 0.25) is 0 Å². The van der Waals surface area contributed by atoms with Crippen LogP contribution in [-0.2, 0) is 6.42 Å². The van der Waals surface area contributed by atoms with Crippen LogP contribution >= 0.6 is 11.6 Å². The van der Waals surface area contributed by atoms with Crippen LogP contribution in [0.4, 0.5) is 4.39 Å². The fourth-order valence-electron chi connectivity index (χ4n) is 1.64. The van der Waals surface area contributed by atoms with E-state index in [0.29, 0.717) is 11.4 Å². The second-order valence-electron chi connectivity index (χ2n) is 3.93. The molecule has 0 fully saturated rings. The highest BCUT2D eigenvalue weighted by atomic mass is 35.5. The Balaban J connectivity index is 2.07. The lowest BCUT2D eigenvalue weighted by Crippen LogP contribution is -1.82. The van der Waals surface area contributed by atoms with Crippen molar-refractivity contribution in [2.75, 3.05) is 0 Å². The largest absolute Gasteiger partial charge is 0.508 e. The molecule has 18 heavy (non-hydrogen) atoms. The topological polar surface area (TPSA) is 20.2 Å². The van der Waals surface area contributed by atoms with E-state index in [9.17, 15) is 9.50 Å². The molecule has 0 radical (unpaired) electrons. The van der Waals surface area contributed by atoms with E-state index in [-0.39, 0.29) is 11.6 Å². The minimum absolute atomic E-state index is 0.173. The number of benzene rings is 2. The van der Waals surface area contributed by atoms with Crippen LogP contribution < -0.4 is 0 Å². The minimum atomic E-state index is -0.258. The summed E-state index contributed by atoms with van der Waals surface area (Å²) in [4.78, 5) is 0. The molecule has 92 valence electrons. The average molecular weight is 263 g/mol. The number of rotatable bonds is 3. The highest BCUT2D eigenvalue weighted by Crippen LogP contribution is 2.22. The molecule has 1 nitrogen and oxygen atoms in total. The first-order valence-electron chi connectivity index (χ1n) is 5.54. The Morgan fingerprint density at radius 1 is 1.17 bits per heavy atom. The van der Waals surface area contributed by atoms with Crippen LogP contribution in [0.25, 0.3) is 6.08 Å². The monoisotopic (exact) mass is 262 g/mol. The Kier molecular flexibility index (Phi) is 4.00. The number of aromatic hydroxyl groups is 1. The highest BCUT2D eigenvalue weighted by molar-refractivity contribution is 6.30. The maximum atomic E-state index is 12.9. The Labute approximate surface area is 110 Å². The van der Waals surface area contributed by atoms with Crippen molar-refractivity contribution in [1.29, 1.82) is 0 Å². The van der Waals surface area contributed by atoms with Gasteiger partial charge in [-0.05, 0) is 41.8 Å². The van der Waals surface area contributed by atoms with Crippen LogP contribution in [0.5, 0.6) is 5.75 Å². The third kappa shape index (κ3) is 3.34. The Morgan fingerprint density at radius 2 is 2.00 bits per heavy atom.